The minimum Gasteiger partial charge on any atom is -0.0620 e. The van der Waals surface area contributed by atoms with Gasteiger partial charge in [-0.25, -0.2) is 0 Å². The van der Waals surface area contributed by atoms with Crippen LogP contribution in [-0.4, -0.2) is 0 Å². The van der Waals surface area contributed by atoms with Gasteiger partial charge in [-0.1, -0.05) is 60.7 Å². The minimum atomic E-state index is -1.33. The third kappa shape index (κ3) is 2.11. The maximum Gasteiger partial charge on any atom is 0.0999 e. The van der Waals surface area contributed by atoms with Crippen LogP contribution in [0.2, 0.25) is 0 Å². The van der Waals surface area contributed by atoms with Gasteiger partial charge in [0.15, 0.2) is 0 Å². The van der Waals surface area contributed by atoms with Gasteiger partial charge in [-0.15, -0.1) is 0 Å². The molecular weight excluding hydrogens is 271 g/mol. The van der Waals surface area contributed by atoms with E-state index in [1.807, 2.05) is 0 Å². The van der Waals surface area contributed by atoms with Crippen molar-refractivity contribution in [2.45, 2.75) is 12.3 Å². The molecule has 0 bridgehead atoms. The monoisotopic (exact) mass is 289 g/mol. The number of hydrogen-bond donors (Lipinski definition) is 0. The fourth-order valence-electron chi connectivity index (χ4n) is 3.44. The highest BCUT2D eigenvalue weighted by Gasteiger charge is 2.47. The zero-order valence-electron chi connectivity index (χ0n) is 11.9. The highest BCUT2D eigenvalue weighted by molar-refractivity contribution is 7.88. The molecule has 1 aliphatic rings. The van der Waals surface area contributed by atoms with Crippen molar-refractivity contribution in [3.8, 4) is 0 Å². The smallest absolute Gasteiger partial charge is 0.0620 e. The summed E-state index contributed by atoms with van der Waals surface area (Å²) in [7, 11) is -1.33. The van der Waals surface area contributed by atoms with E-state index >= 15 is 0 Å². The number of hydrogen-bond acceptors (Lipinski definition) is 0. The normalized spacial score (nSPS) is 15.6. The van der Waals surface area contributed by atoms with E-state index in [4.69, 9.17) is 0 Å². The largest absolute Gasteiger partial charge is 0.0999 e. The van der Waals surface area contributed by atoms with E-state index in [-0.39, 0.29) is 0 Å². The van der Waals surface area contributed by atoms with Gasteiger partial charge in [-0.05, 0) is 35.4 Å². The lowest BCUT2D eigenvalue weighted by Gasteiger charge is -2.22. The minimum absolute atomic E-state index is 1.21. The Morgan fingerprint density at radius 3 is 1.29 bits per heavy atom. The summed E-state index contributed by atoms with van der Waals surface area (Å²) in [6.45, 7) is 0. The molecule has 0 aliphatic carbocycles. The molecular formula is C20H18P+. The molecule has 0 N–H and O–H groups in total. The van der Waals surface area contributed by atoms with Gasteiger partial charge in [0.05, 0.1) is 30.2 Å². The first-order valence-electron chi connectivity index (χ1n) is 7.44. The summed E-state index contributed by atoms with van der Waals surface area (Å²) < 4.78 is 0. The fourth-order valence-corrected chi connectivity index (χ4v) is 7.85. The Labute approximate surface area is 126 Å². The average molecular weight is 289 g/mol. The molecule has 4 rings (SSSR count). The molecule has 102 valence electrons. The van der Waals surface area contributed by atoms with Crippen LogP contribution >= 0.6 is 7.26 Å². The summed E-state index contributed by atoms with van der Waals surface area (Å²) in [5.74, 6) is 0. The molecule has 0 spiro atoms. The summed E-state index contributed by atoms with van der Waals surface area (Å²) >= 11 is 0. The van der Waals surface area contributed by atoms with Crippen LogP contribution in [-0.2, 0) is 12.3 Å². The molecule has 3 aromatic rings. The predicted octanol–water partition coefficient (Wildman–Crippen LogP) is 4.37. The second-order valence-electron chi connectivity index (χ2n) is 5.72. The summed E-state index contributed by atoms with van der Waals surface area (Å²) in [6, 6.07) is 31.2. The summed E-state index contributed by atoms with van der Waals surface area (Å²) in [4.78, 5) is 0. The van der Waals surface area contributed by atoms with Crippen molar-refractivity contribution >= 4 is 17.9 Å². The van der Waals surface area contributed by atoms with Crippen LogP contribution in [0.4, 0.5) is 0 Å². The molecule has 0 atom stereocenters. The number of benzene rings is 3. The van der Waals surface area contributed by atoms with E-state index < -0.39 is 7.26 Å². The lowest BCUT2D eigenvalue weighted by molar-refractivity contribution is 1.35. The van der Waals surface area contributed by atoms with Crippen molar-refractivity contribution in [2.75, 3.05) is 0 Å². The first kappa shape index (κ1) is 12.8. The Balaban J connectivity index is 1.90. The van der Waals surface area contributed by atoms with Gasteiger partial charge in [0.1, 0.15) is 0 Å². The second-order valence-corrected chi connectivity index (χ2v) is 9.32. The number of rotatable bonds is 2. The van der Waals surface area contributed by atoms with E-state index in [0.29, 0.717) is 0 Å². The highest BCUT2D eigenvalue weighted by Crippen LogP contribution is 2.66. The Hall–Kier alpha value is -1.91. The molecule has 0 amide bonds. The lowest BCUT2D eigenvalue weighted by atomic mass is 10.1. The van der Waals surface area contributed by atoms with Crippen LogP contribution in [0.25, 0.3) is 0 Å². The average Bonchev–Trinajstić information content (AvgIpc) is 2.97. The van der Waals surface area contributed by atoms with Crippen molar-refractivity contribution in [3.63, 3.8) is 0 Å². The van der Waals surface area contributed by atoms with Crippen molar-refractivity contribution in [2.24, 2.45) is 0 Å². The third-order valence-electron chi connectivity index (χ3n) is 4.50. The van der Waals surface area contributed by atoms with E-state index in [2.05, 4.69) is 84.9 Å². The van der Waals surface area contributed by atoms with E-state index in [0.717, 1.165) is 0 Å². The lowest BCUT2D eigenvalue weighted by Crippen LogP contribution is -2.22. The molecule has 0 saturated carbocycles. The Bertz CT molecular complexity index is 681. The molecule has 0 radical (unpaired) electrons. The summed E-state index contributed by atoms with van der Waals surface area (Å²) in [5.41, 5.74) is 3.08. The molecule has 0 unspecified atom stereocenters. The van der Waals surface area contributed by atoms with E-state index in [1.165, 1.54) is 22.9 Å². The zero-order chi connectivity index (χ0) is 14.1. The molecule has 21 heavy (non-hydrogen) atoms. The molecule has 1 heterocycles. The van der Waals surface area contributed by atoms with Crippen LogP contribution in [0.5, 0.6) is 0 Å². The molecule has 1 heteroatoms. The van der Waals surface area contributed by atoms with Gasteiger partial charge in [0, 0.05) is 0 Å². The van der Waals surface area contributed by atoms with Crippen molar-refractivity contribution < 1.29 is 0 Å². The van der Waals surface area contributed by atoms with Crippen LogP contribution in [0.3, 0.4) is 0 Å². The molecule has 0 aromatic heterocycles. The van der Waals surface area contributed by atoms with Crippen LogP contribution in [0, 0.1) is 0 Å². The molecule has 0 saturated heterocycles. The maximum absolute atomic E-state index is 2.33. The van der Waals surface area contributed by atoms with Gasteiger partial charge in [-0.2, -0.15) is 0 Å². The van der Waals surface area contributed by atoms with Gasteiger partial charge in [-0.3, -0.25) is 0 Å². The first-order valence-corrected chi connectivity index (χ1v) is 9.59. The van der Waals surface area contributed by atoms with Crippen LogP contribution in [0.15, 0.2) is 84.9 Å². The molecule has 1 aliphatic heterocycles. The Morgan fingerprint density at radius 2 is 0.857 bits per heavy atom. The third-order valence-corrected chi connectivity index (χ3v) is 8.83. The van der Waals surface area contributed by atoms with Crippen molar-refractivity contribution in [1.29, 1.82) is 0 Å². The van der Waals surface area contributed by atoms with Crippen molar-refractivity contribution in [3.05, 3.63) is 96.1 Å². The predicted molar refractivity (Wildman–Crippen MR) is 92.9 cm³/mol. The van der Waals surface area contributed by atoms with Crippen LogP contribution in [0.1, 0.15) is 11.1 Å². The molecule has 3 aromatic carbocycles. The van der Waals surface area contributed by atoms with Crippen LogP contribution < -0.4 is 10.6 Å². The Kier molecular flexibility index (Phi) is 3.13. The SMILES string of the molecule is c1ccc([P+]2(c3ccccc3)Cc3ccccc3C2)cc1. The van der Waals surface area contributed by atoms with Crippen molar-refractivity contribution in [1.82, 2.24) is 0 Å². The molecule has 0 fully saturated rings. The molecule has 0 nitrogen and oxygen atoms in total. The van der Waals surface area contributed by atoms with E-state index in [9.17, 15) is 0 Å². The summed E-state index contributed by atoms with van der Waals surface area (Å²) in [5, 5.41) is 3.07. The maximum atomic E-state index is 2.33. The van der Waals surface area contributed by atoms with E-state index in [1.54, 1.807) is 11.1 Å². The Morgan fingerprint density at radius 1 is 0.476 bits per heavy atom. The zero-order valence-corrected chi connectivity index (χ0v) is 12.8. The van der Waals surface area contributed by atoms with Gasteiger partial charge in [0.2, 0.25) is 0 Å². The van der Waals surface area contributed by atoms with Gasteiger partial charge < -0.3 is 0 Å². The standard InChI is InChI=1S/C20H18P/c1-3-11-19(12-4-1)21(20-13-5-2-6-14-20)15-17-9-7-8-10-18(17)16-21/h1-14H,15-16H2/q+1. The van der Waals surface area contributed by atoms with Gasteiger partial charge >= 0.3 is 0 Å². The number of fused-ring (bicyclic) bond motifs is 1. The first-order chi connectivity index (χ1) is 10.4. The van der Waals surface area contributed by atoms with Gasteiger partial charge in [0.25, 0.3) is 0 Å². The summed E-state index contributed by atoms with van der Waals surface area (Å²) in [6.07, 6.45) is 2.41. The topological polar surface area (TPSA) is 0 Å². The quantitative estimate of drug-likeness (QED) is 0.615. The highest BCUT2D eigenvalue weighted by atomic mass is 31.2. The second kappa shape index (κ2) is 5.13. The fraction of sp³-hybridized carbons (Fsp3) is 0.100.